The average Bonchev–Trinajstić information content (AvgIpc) is 2.80. The van der Waals surface area contributed by atoms with Crippen molar-refractivity contribution in [2.45, 2.75) is 25.9 Å². The van der Waals surface area contributed by atoms with Gasteiger partial charge in [0.2, 0.25) is 5.91 Å². The van der Waals surface area contributed by atoms with E-state index in [0.29, 0.717) is 18.7 Å². The molecule has 3 nitrogen and oxygen atoms in total. The maximum absolute atomic E-state index is 12.7. The van der Waals surface area contributed by atoms with Crippen LogP contribution in [0.4, 0.5) is 4.39 Å². The maximum atomic E-state index is 12.7. The first-order valence-corrected chi connectivity index (χ1v) is 5.89. The second kappa shape index (κ2) is 5.17. The van der Waals surface area contributed by atoms with E-state index in [1.54, 1.807) is 12.1 Å². The highest BCUT2D eigenvalue weighted by Gasteiger charge is 2.26. The number of carbonyl (C=O) groups excluding carboxylic acids is 1. The highest BCUT2D eigenvalue weighted by Crippen LogP contribution is 2.19. The second-order valence-corrected chi connectivity index (χ2v) is 4.18. The number of ether oxygens (including phenoxy) is 1. The van der Waals surface area contributed by atoms with Gasteiger partial charge in [0.25, 0.3) is 0 Å². The van der Waals surface area contributed by atoms with Crippen LogP contribution in [0.15, 0.2) is 24.3 Å². The van der Waals surface area contributed by atoms with Crippen molar-refractivity contribution in [3.63, 3.8) is 0 Å². The van der Waals surface area contributed by atoms with Gasteiger partial charge < -0.3 is 9.64 Å². The lowest BCUT2D eigenvalue weighted by molar-refractivity contribution is -0.130. The van der Waals surface area contributed by atoms with Gasteiger partial charge in [-0.1, -0.05) is 6.92 Å². The molecule has 4 heteroatoms. The molecule has 0 bridgehead atoms. The van der Waals surface area contributed by atoms with Gasteiger partial charge in [-0.25, -0.2) is 4.39 Å². The van der Waals surface area contributed by atoms with Crippen LogP contribution in [0.2, 0.25) is 0 Å². The standard InChI is InChI=1S/C13H16FNO2/c1-2-13(16)15-8-7-12(9-15)17-11-5-3-10(14)4-6-11/h3-6,12H,2,7-9H2,1H3. The summed E-state index contributed by atoms with van der Waals surface area (Å²) in [6.07, 6.45) is 1.39. The number of amides is 1. The number of hydrogen-bond acceptors (Lipinski definition) is 2. The van der Waals surface area contributed by atoms with Crippen LogP contribution in [0.3, 0.4) is 0 Å². The van der Waals surface area contributed by atoms with Crippen LogP contribution in [0, 0.1) is 5.82 Å². The lowest BCUT2D eigenvalue weighted by Crippen LogP contribution is -2.30. The molecule has 92 valence electrons. The van der Waals surface area contributed by atoms with Crippen molar-refractivity contribution in [3.8, 4) is 5.75 Å². The van der Waals surface area contributed by atoms with E-state index in [-0.39, 0.29) is 17.8 Å². The number of hydrogen-bond donors (Lipinski definition) is 0. The van der Waals surface area contributed by atoms with Crippen LogP contribution in [0.1, 0.15) is 19.8 Å². The van der Waals surface area contributed by atoms with Crippen LogP contribution < -0.4 is 4.74 Å². The third-order valence-corrected chi connectivity index (χ3v) is 2.92. The third kappa shape index (κ3) is 2.96. The first-order valence-electron chi connectivity index (χ1n) is 5.89. The summed E-state index contributed by atoms with van der Waals surface area (Å²) < 4.78 is 18.4. The van der Waals surface area contributed by atoms with Gasteiger partial charge in [-0.3, -0.25) is 4.79 Å². The van der Waals surface area contributed by atoms with Crippen molar-refractivity contribution in [1.82, 2.24) is 4.90 Å². The summed E-state index contributed by atoms with van der Waals surface area (Å²) in [7, 11) is 0. The predicted octanol–water partition coefficient (Wildman–Crippen LogP) is 2.22. The van der Waals surface area contributed by atoms with E-state index in [4.69, 9.17) is 4.74 Å². The molecule has 0 aliphatic carbocycles. The molecule has 0 saturated carbocycles. The van der Waals surface area contributed by atoms with Crippen LogP contribution in [0.25, 0.3) is 0 Å². The minimum atomic E-state index is -0.272. The largest absolute Gasteiger partial charge is 0.489 e. The Balaban J connectivity index is 1.89. The van der Waals surface area contributed by atoms with Crippen LogP contribution in [-0.4, -0.2) is 30.0 Å². The van der Waals surface area contributed by atoms with E-state index in [0.717, 1.165) is 13.0 Å². The third-order valence-electron chi connectivity index (χ3n) is 2.92. The van der Waals surface area contributed by atoms with Crippen molar-refractivity contribution in [2.24, 2.45) is 0 Å². The first-order chi connectivity index (χ1) is 8.19. The Morgan fingerprint density at radius 2 is 2.18 bits per heavy atom. The van der Waals surface area contributed by atoms with Gasteiger partial charge in [-0.2, -0.15) is 0 Å². The fourth-order valence-electron chi connectivity index (χ4n) is 1.98. The molecule has 1 unspecified atom stereocenters. The Morgan fingerprint density at radius 3 is 2.82 bits per heavy atom. The summed E-state index contributed by atoms with van der Waals surface area (Å²) in [5.74, 6) is 0.545. The maximum Gasteiger partial charge on any atom is 0.222 e. The van der Waals surface area contributed by atoms with E-state index in [1.807, 2.05) is 11.8 Å². The zero-order valence-corrected chi connectivity index (χ0v) is 9.86. The monoisotopic (exact) mass is 237 g/mol. The zero-order valence-electron chi connectivity index (χ0n) is 9.86. The van der Waals surface area contributed by atoms with Gasteiger partial charge in [0.05, 0.1) is 6.54 Å². The van der Waals surface area contributed by atoms with Gasteiger partial charge in [-0.05, 0) is 24.3 Å². The molecule has 0 radical (unpaired) electrons. The van der Waals surface area contributed by atoms with Gasteiger partial charge in [0, 0.05) is 19.4 Å². The van der Waals surface area contributed by atoms with Crippen molar-refractivity contribution >= 4 is 5.91 Å². The highest BCUT2D eigenvalue weighted by molar-refractivity contribution is 5.76. The van der Waals surface area contributed by atoms with E-state index in [2.05, 4.69) is 0 Å². The van der Waals surface area contributed by atoms with Crippen LogP contribution >= 0.6 is 0 Å². The number of rotatable bonds is 3. The number of benzene rings is 1. The molecule has 1 aromatic rings. The van der Waals surface area contributed by atoms with Crippen LogP contribution in [0.5, 0.6) is 5.75 Å². The summed E-state index contributed by atoms with van der Waals surface area (Å²) >= 11 is 0. The van der Waals surface area contributed by atoms with E-state index < -0.39 is 0 Å². The van der Waals surface area contributed by atoms with Crippen molar-refractivity contribution < 1.29 is 13.9 Å². The summed E-state index contributed by atoms with van der Waals surface area (Å²) in [5, 5.41) is 0. The molecule has 1 aliphatic heterocycles. The lowest BCUT2D eigenvalue weighted by Gasteiger charge is -2.16. The quantitative estimate of drug-likeness (QED) is 0.806. The van der Waals surface area contributed by atoms with E-state index >= 15 is 0 Å². The molecule has 1 fully saturated rings. The number of nitrogens with zero attached hydrogens (tertiary/aromatic N) is 1. The molecule has 1 amide bonds. The number of carbonyl (C=O) groups is 1. The predicted molar refractivity (Wildman–Crippen MR) is 62.3 cm³/mol. The molecular weight excluding hydrogens is 221 g/mol. The topological polar surface area (TPSA) is 29.5 Å². The van der Waals surface area contributed by atoms with Gasteiger partial charge in [-0.15, -0.1) is 0 Å². The Labute approximate surface area is 100 Å². The number of halogens is 1. The normalized spacial score (nSPS) is 19.4. The molecule has 0 spiro atoms. The molecule has 2 rings (SSSR count). The minimum absolute atomic E-state index is 0.0240. The zero-order chi connectivity index (χ0) is 12.3. The number of likely N-dealkylation sites (tertiary alicyclic amines) is 1. The van der Waals surface area contributed by atoms with Crippen LogP contribution in [-0.2, 0) is 4.79 Å². The fraction of sp³-hybridized carbons (Fsp3) is 0.462. The molecule has 17 heavy (non-hydrogen) atoms. The van der Waals surface area contributed by atoms with E-state index in [1.165, 1.54) is 12.1 Å². The Hall–Kier alpha value is -1.58. The molecule has 1 saturated heterocycles. The molecular formula is C13H16FNO2. The minimum Gasteiger partial charge on any atom is -0.489 e. The first kappa shape index (κ1) is 11.9. The van der Waals surface area contributed by atoms with E-state index in [9.17, 15) is 9.18 Å². The average molecular weight is 237 g/mol. The van der Waals surface area contributed by atoms with Crippen molar-refractivity contribution in [2.75, 3.05) is 13.1 Å². The lowest BCUT2D eigenvalue weighted by atomic mass is 10.3. The molecule has 1 atom stereocenters. The summed E-state index contributed by atoms with van der Waals surface area (Å²) in [4.78, 5) is 13.3. The van der Waals surface area contributed by atoms with Crippen molar-refractivity contribution in [1.29, 1.82) is 0 Å². The Kier molecular flexibility index (Phi) is 3.61. The van der Waals surface area contributed by atoms with Gasteiger partial charge in [0.15, 0.2) is 0 Å². The Bertz CT molecular complexity index is 391. The summed E-state index contributed by atoms with van der Waals surface area (Å²) in [6.45, 7) is 3.24. The highest BCUT2D eigenvalue weighted by atomic mass is 19.1. The molecule has 1 aliphatic rings. The molecule has 1 aromatic carbocycles. The Morgan fingerprint density at radius 1 is 1.47 bits per heavy atom. The summed E-state index contributed by atoms with van der Waals surface area (Å²) in [5.41, 5.74) is 0. The summed E-state index contributed by atoms with van der Waals surface area (Å²) in [6, 6.07) is 5.97. The SMILES string of the molecule is CCC(=O)N1CCC(Oc2ccc(F)cc2)C1. The second-order valence-electron chi connectivity index (χ2n) is 4.18. The fourth-order valence-corrected chi connectivity index (χ4v) is 1.98. The van der Waals surface area contributed by atoms with Crippen molar-refractivity contribution in [3.05, 3.63) is 30.1 Å². The smallest absolute Gasteiger partial charge is 0.222 e. The van der Waals surface area contributed by atoms with Gasteiger partial charge >= 0.3 is 0 Å². The molecule has 0 aromatic heterocycles. The molecule has 0 N–H and O–H groups in total. The molecule has 1 heterocycles. The van der Waals surface area contributed by atoms with Gasteiger partial charge in [0.1, 0.15) is 17.7 Å².